The molecule has 0 aliphatic rings. The van der Waals surface area contributed by atoms with Crippen molar-refractivity contribution >= 4 is 11.6 Å². The molecule has 0 bridgehead atoms. The van der Waals surface area contributed by atoms with Gasteiger partial charge in [0.2, 0.25) is 0 Å². The second-order valence-electron chi connectivity index (χ2n) is 4.27. The van der Waals surface area contributed by atoms with Crippen LogP contribution in [-0.4, -0.2) is 47.8 Å². The van der Waals surface area contributed by atoms with E-state index in [1.807, 2.05) is 0 Å². The normalized spacial score (nSPS) is 13.2. The summed E-state index contributed by atoms with van der Waals surface area (Å²) in [6.07, 6.45) is -2.89. The van der Waals surface area contributed by atoms with Gasteiger partial charge >= 0.3 is 0 Å². The number of halogens is 3. The van der Waals surface area contributed by atoms with Crippen LogP contribution in [-0.2, 0) is 0 Å². The summed E-state index contributed by atoms with van der Waals surface area (Å²) in [6.45, 7) is -0.117. The van der Waals surface area contributed by atoms with E-state index in [0.29, 0.717) is 23.6 Å². The number of hydrogen-bond donors (Lipinski definition) is 2. The lowest BCUT2D eigenvalue weighted by Gasteiger charge is -2.22. The molecule has 0 aliphatic carbocycles. The Balaban J connectivity index is 2.49. The number of aliphatic hydroxyl groups is 2. The Hall–Kier alpha value is -0.750. The van der Waals surface area contributed by atoms with Crippen LogP contribution in [0.15, 0.2) is 24.3 Å². The second-order valence-corrected chi connectivity index (χ2v) is 4.71. The van der Waals surface area contributed by atoms with Crippen LogP contribution in [0.2, 0.25) is 5.02 Å². The van der Waals surface area contributed by atoms with Crippen molar-refractivity contribution in [3.63, 3.8) is 0 Å². The molecule has 0 saturated heterocycles. The van der Waals surface area contributed by atoms with Gasteiger partial charge in [0, 0.05) is 18.1 Å². The first-order valence-corrected chi connectivity index (χ1v) is 6.45. The highest BCUT2D eigenvalue weighted by atomic mass is 35.5. The van der Waals surface area contributed by atoms with Crippen molar-refractivity contribution in [2.75, 3.05) is 26.2 Å². The SMILES string of the molecule is OCCN(CCC(O)c1cccc(Cl)c1)CC(F)F. The molecule has 19 heavy (non-hydrogen) atoms. The van der Waals surface area contributed by atoms with Crippen molar-refractivity contribution in [2.45, 2.75) is 19.0 Å². The van der Waals surface area contributed by atoms with E-state index in [0.717, 1.165) is 0 Å². The van der Waals surface area contributed by atoms with Gasteiger partial charge in [-0.15, -0.1) is 0 Å². The molecule has 0 radical (unpaired) electrons. The molecule has 3 nitrogen and oxygen atoms in total. The van der Waals surface area contributed by atoms with Crippen LogP contribution < -0.4 is 0 Å². The lowest BCUT2D eigenvalue weighted by molar-refractivity contribution is 0.0660. The molecule has 1 unspecified atom stereocenters. The smallest absolute Gasteiger partial charge is 0.251 e. The van der Waals surface area contributed by atoms with Gasteiger partial charge < -0.3 is 10.2 Å². The van der Waals surface area contributed by atoms with Crippen molar-refractivity contribution in [3.05, 3.63) is 34.9 Å². The molecule has 1 rings (SSSR count). The first kappa shape index (κ1) is 16.3. The monoisotopic (exact) mass is 293 g/mol. The summed E-state index contributed by atoms with van der Waals surface area (Å²) < 4.78 is 24.6. The zero-order valence-corrected chi connectivity index (χ0v) is 11.2. The molecule has 2 N–H and O–H groups in total. The Morgan fingerprint density at radius 2 is 2.00 bits per heavy atom. The van der Waals surface area contributed by atoms with Crippen LogP contribution in [0.3, 0.4) is 0 Å². The Morgan fingerprint density at radius 1 is 1.26 bits per heavy atom. The summed E-state index contributed by atoms with van der Waals surface area (Å²) >= 11 is 5.82. The molecule has 0 amide bonds. The third kappa shape index (κ3) is 6.29. The van der Waals surface area contributed by atoms with Crippen LogP contribution in [0.5, 0.6) is 0 Å². The van der Waals surface area contributed by atoms with E-state index in [-0.39, 0.29) is 13.2 Å². The van der Waals surface area contributed by atoms with Crippen LogP contribution >= 0.6 is 11.6 Å². The number of aliphatic hydroxyl groups excluding tert-OH is 2. The number of nitrogens with zero attached hydrogens (tertiary/aromatic N) is 1. The lowest BCUT2D eigenvalue weighted by atomic mass is 10.1. The highest BCUT2D eigenvalue weighted by molar-refractivity contribution is 6.30. The van der Waals surface area contributed by atoms with Gasteiger partial charge in [-0.25, -0.2) is 8.78 Å². The quantitative estimate of drug-likeness (QED) is 0.773. The molecule has 0 heterocycles. The van der Waals surface area contributed by atoms with Crippen molar-refractivity contribution in [3.8, 4) is 0 Å². The third-order valence-corrected chi connectivity index (χ3v) is 3.00. The Labute approximate surface area is 116 Å². The van der Waals surface area contributed by atoms with E-state index in [1.54, 1.807) is 24.3 Å². The molecule has 1 aromatic carbocycles. The van der Waals surface area contributed by atoms with Gasteiger partial charge in [-0.05, 0) is 24.1 Å². The molecular formula is C13H18ClF2NO2. The largest absolute Gasteiger partial charge is 0.395 e. The second kappa shape index (κ2) is 8.43. The molecule has 0 aliphatic heterocycles. The molecule has 1 aromatic rings. The summed E-state index contributed by atoms with van der Waals surface area (Å²) in [5.41, 5.74) is 0.661. The van der Waals surface area contributed by atoms with Gasteiger partial charge in [0.1, 0.15) is 0 Å². The summed E-state index contributed by atoms with van der Waals surface area (Å²) in [5, 5.41) is 19.3. The highest BCUT2D eigenvalue weighted by Crippen LogP contribution is 2.20. The minimum absolute atomic E-state index is 0.173. The maximum Gasteiger partial charge on any atom is 0.251 e. The third-order valence-electron chi connectivity index (χ3n) is 2.76. The average molecular weight is 294 g/mol. The summed E-state index contributed by atoms with van der Waals surface area (Å²) in [5.74, 6) is 0. The number of hydrogen-bond acceptors (Lipinski definition) is 3. The highest BCUT2D eigenvalue weighted by Gasteiger charge is 2.14. The van der Waals surface area contributed by atoms with E-state index >= 15 is 0 Å². The van der Waals surface area contributed by atoms with E-state index in [9.17, 15) is 13.9 Å². The summed E-state index contributed by atoms with van der Waals surface area (Å²) in [6, 6.07) is 6.81. The molecule has 1 atom stereocenters. The first-order chi connectivity index (χ1) is 9.02. The summed E-state index contributed by atoms with van der Waals surface area (Å²) in [4.78, 5) is 1.43. The van der Waals surface area contributed by atoms with E-state index in [2.05, 4.69) is 0 Å². The molecule has 0 fully saturated rings. The van der Waals surface area contributed by atoms with Gasteiger partial charge in [0.15, 0.2) is 0 Å². The van der Waals surface area contributed by atoms with Gasteiger partial charge in [0.25, 0.3) is 6.43 Å². The lowest BCUT2D eigenvalue weighted by Crippen LogP contribution is -2.33. The number of alkyl halides is 2. The van der Waals surface area contributed by atoms with E-state index < -0.39 is 19.1 Å². The van der Waals surface area contributed by atoms with Crippen LogP contribution in [0.25, 0.3) is 0 Å². The molecule has 0 aromatic heterocycles. The minimum atomic E-state index is -2.45. The molecule has 6 heteroatoms. The average Bonchev–Trinajstić information content (AvgIpc) is 2.35. The fourth-order valence-electron chi connectivity index (χ4n) is 1.82. The van der Waals surface area contributed by atoms with Gasteiger partial charge in [-0.3, -0.25) is 4.90 Å². The maximum atomic E-state index is 12.3. The molecule has 0 spiro atoms. The standard InChI is InChI=1S/C13H18ClF2NO2/c14-11-3-1-2-10(8-11)12(19)4-5-17(6-7-18)9-13(15)16/h1-3,8,12-13,18-19H,4-7,9H2. The zero-order chi connectivity index (χ0) is 14.3. The molecule has 0 saturated carbocycles. The van der Waals surface area contributed by atoms with E-state index in [1.165, 1.54) is 4.90 Å². The van der Waals surface area contributed by atoms with Gasteiger partial charge in [0.05, 0.1) is 19.3 Å². The van der Waals surface area contributed by atoms with Crippen LogP contribution in [0.4, 0.5) is 8.78 Å². The topological polar surface area (TPSA) is 43.7 Å². The molecular weight excluding hydrogens is 276 g/mol. The van der Waals surface area contributed by atoms with Crippen LogP contribution in [0, 0.1) is 0 Å². The summed E-state index contributed by atoms with van der Waals surface area (Å²) in [7, 11) is 0. The number of benzene rings is 1. The predicted octanol–water partition coefficient (Wildman–Crippen LogP) is 2.32. The minimum Gasteiger partial charge on any atom is -0.395 e. The van der Waals surface area contributed by atoms with Crippen molar-refractivity contribution in [1.29, 1.82) is 0 Å². The van der Waals surface area contributed by atoms with Crippen LogP contribution in [0.1, 0.15) is 18.1 Å². The predicted molar refractivity (Wildman–Crippen MR) is 70.6 cm³/mol. The molecule has 108 valence electrons. The van der Waals surface area contributed by atoms with E-state index in [4.69, 9.17) is 16.7 Å². The van der Waals surface area contributed by atoms with Crippen molar-refractivity contribution < 1.29 is 19.0 Å². The fourth-order valence-corrected chi connectivity index (χ4v) is 2.02. The van der Waals surface area contributed by atoms with Crippen molar-refractivity contribution in [2.24, 2.45) is 0 Å². The Bertz CT molecular complexity index is 379. The first-order valence-electron chi connectivity index (χ1n) is 6.08. The fraction of sp³-hybridized carbons (Fsp3) is 0.538. The van der Waals surface area contributed by atoms with Crippen molar-refractivity contribution in [1.82, 2.24) is 4.90 Å². The van der Waals surface area contributed by atoms with Gasteiger partial charge in [-0.1, -0.05) is 23.7 Å². The Morgan fingerprint density at radius 3 is 2.58 bits per heavy atom. The maximum absolute atomic E-state index is 12.3. The zero-order valence-electron chi connectivity index (χ0n) is 10.5. The Kier molecular flexibility index (Phi) is 7.23. The van der Waals surface area contributed by atoms with Gasteiger partial charge in [-0.2, -0.15) is 0 Å². The number of rotatable bonds is 8.